The summed E-state index contributed by atoms with van der Waals surface area (Å²) in [6, 6.07) is 0. The molecule has 0 saturated heterocycles. The van der Waals surface area contributed by atoms with Crippen LogP contribution in [0.1, 0.15) is 156 Å². The topological polar surface area (TPSA) is 0 Å². The van der Waals surface area contributed by atoms with E-state index >= 15 is 0 Å². The number of hydrogen-bond acceptors (Lipinski definition) is 0. The first-order valence-corrected chi connectivity index (χ1v) is 12.3. The molecule has 0 aliphatic rings. The highest BCUT2D eigenvalue weighted by atomic mass is 14.1. The molecule has 0 aliphatic heterocycles. The first-order chi connectivity index (χ1) is 12.3. The highest BCUT2D eigenvalue weighted by Gasteiger charge is 2.08. The number of hydrogen-bond donors (Lipinski definition) is 0. The predicted molar refractivity (Wildman–Crippen MR) is 117 cm³/mol. The summed E-state index contributed by atoms with van der Waals surface area (Å²) in [5.41, 5.74) is 0. The van der Waals surface area contributed by atoms with Gasteiger partial charge >= 0.3 is 0 Å². The number of rotatable bonds is 21. The molecule has 0 aromatic rings. The standard InChI is InChI=1S/C25H52/c1-4-7-10-12-14-15-16-17-19-21-24-25(22-9-6-3)23-20-18-13-11-8-5-2/h25H,4-24H2,1-3H3. The third-order valence-electron chi connectivity index (χ3n) is 5.90. The zero-order valence-corrected chi connectivity index (χ0v) is 18.4. The van der Waals surface area contributed by atoms with Crippen molar-refractivity contribution in [1.29, 1.82) is 0 Å². The van der Waals surface area contributed by atoms with Gasteiger partial charge in [-0.2, -0.15) is 0 Å². The lowest BCUT2D eigenvalue weighted by Gasteiger charge is -2.16. The van der Waals surface area contributed by atoms with E-state index in [0.29, 0.717) is 0 Å². The van der Waals surface area contributed by atoms with E-state index in [1.54, 1.807) is 0 Å². The Balaban J connectivity index is 3.51. The fourth-order valence-electron chi connectivity index (χ4n) is 4.06. The summed E-state index contributed by atoms with van der Waals surface area (Å²) >= 11 is 0. The lowest BCUT2D eigenvalue weighted by atomic mass is 9.90. The average Bonchev–Trinajstić information content (AvgIpc) is 2.63. The van der Waals surface area contributed by atoms with Crippen molar-refractivity contribution in [1.82, 2.24) is 0 Å². The van der Waals surface area contributed by atoms with Gasteiger partial charge in [0.2, 0.25) is 0 Å². The largest absolute Gasteiger partial charge is 0.0654 e. The van der Waals surface area contributed by atoms with Crippen LogP contribution in [0, 0.1) is 5.92 Å². The van der Waals surface area contributed by atoms with Crippen LogP contribution in [-0.4, -0.2) is 0 Å². The van der Waals surface area contributed by atoms with E-state index in [-0.39, 0.29) is 0 Å². The van der Waals surface area contributed by atoms with Gasteiger partial charge in [0.15, 0.2) is 0 Å². The second kappa shape index (κ2) is 22.0. The van der Waals surface area contributed by atoms with Crippen LogP contribution < -0.4 is 0 Å². The molecule has 0 saturated carbocycles. The summed E-state index contributed by atoms with van der Waals surface area (Å²) in [5.74, 6) is 1.04. The fraction of sp³-hybridized carbons (Fsp3) is 1.00. The molecule has 0 aromatic heterocycles. The minimum atomic E-state index is 1.04. The van der Waals surface area contributed by atoms with E-state index in [9.17, 15) is 0 Å². The molecule has 0 spiro atoms. The first kappa shape index (κ1) is 25.0. The monoisotopic (exact) mass is 352 g/mol. The van der Waals surface area contributed by atoms with Crippen LogP contribution in [0.15, 0.2) is 0 Å². The van der Waals surface area contributed by atoms with Crippen LogP contribution in [0.3, 0.4) is 0 Å². The van der Waals surface area contributed by atoms with E-state index in [1.807, 2.05) is 0 Å². The van der Waals surface area contributed by atoms with Crippen LogP contribution in [-0.2, 0) is 0 Å². The Morgan fingerprint density at radius 2 is 0.600 bits per heavy atom. The lowest BCUT2D eigenvalue weighted by Crippen LogP contribution is -2.01. The Kier molecular flexibility index (Phi) is 22.0. The zero-order chi connectivity index (χ0) is 18.4. The molecular formula is C25H52. The van der Waals surface area contributed by atoms with Crippen LogP contribution in [0.4, 0.5) is 0 Å². The van der Waals surface area contributed by atoms with E-state index in [1.165, 1.54) is 135 Å². The summed E-state index contributed by atoms with van der Waals surface area (Å²) in [6.45, 7) is 6.97. The van der Waals surface area contributed by atoms with Gasteiger partial charge in [0.05, 0.1) is 0 Å². The van der Waals surface area contributed by atoms with Crippen molar-refractivity contribution in [2.75, 3.05) is 0 Å². The maximum absolute atomic E-state index is 2.35. The molecule has 0 radical (unpaired) electrons. The molecule has 0 N–H and O–H groups in total. The molecule has 0 bridgehead atoms. The zero-order valence-electron chi connectivity index (χ0n) is 18.4. The Bertz CT molecular complexity index is 220. The highest BCUT2D eigenvalue weighted by molar-refractivity contribution is 4.61. The Labute approximate surface area is 161 Å². The Morgan fingerprint density at radius 1 is 0.320 bits per heavy atom. The van der Waals surface area contributed by atoms with Crippen molar-refractivity contribution in [3.63, 3.8) is 0 Å². The maximum atomic E-state index is 2.35. The molecule has 25 heavy (non-hydrogen) atoms. The van der Waals surface area contributed by atoms with Crippen LogP contribution in [0.25, 0.3) is 0 Å². The molecular weight excluding hydrogens is 300 g/mol. The van der Waals surface area contributed by atoms with E-state index in [4.69, 9.17) is 0 Å². The highest BCUT2D eigenvalue weighted by Crippen LogP contribution is 2.24. The summed E-state index contributed by atoms with van der Waals surface area (Å²) in [6.07, 6.45) is 30.8. The lowest BCUT2D eigenvalue weighted by molar-refractivity contribution is 0.370. The molecule has 0 fully saturated rings. The Morgan fingerprint density at radius 3 is 0.960 bits per heavy atom. The van der Waals surface area contributed by atoms with Crippen molar-refractivity contribution in [2.45, 2.75) is 156 Å². The quantitative estimate of drug-likeness (QED) is 0.180. The van der Waals surface area contributed by atoms with E-state index in [2.05, 4.69) is 20.8 Å². The predicted octanol–water partition coefficient (Wildman–Crippen LogP) is 9.85. The minimum Gasteiger partial charge on any atom is -0.0654 e. The first-order valence-electron chi connectivity index (χ1n) is 12.3. The molecule has 0 heterocycles. The van der Waals surface area contributed by atoms with Gasteiger partial charge in [-0.15, -0.1) is 0 Å². The second-order valence-electron chi connectivity index (χ2n) is 8.54. The third-order valence-corrected chi connectivity index (χ3v) is 5.90. The average molecular weight is 353 g/mol. The van der Waals surface area contributed by atoms with E-state index < -0.39 is 0 Å². The van der Waals surface area contributed by atoms with Gasteiger partial charge in [-0.1, -0.05) is 156 Å². The van der Waals surface area contributed by atoms with Crippen LogP contribution >= 0.6 is 0 Å². The molecule has 0 heteroatoms. The third kappa shape index (κ3) is 20.2. The minimum absolute atomic E-state index is 1.04. The molecule has 0 nitrogen and oxygen atoms in total. The summed E-state index contributed by atoms with van der Waals surface area (Å²) in [4.78, 5) is 0. The van der Waals surface area contributed by atoms with Crippen LogP contribution in [0.2, 0.25) is 0 Å². The van der Waals surface area contributed by atoms with Crippen molar-refractivity contribution in [2.24, 2.45) is 5.92 Å². The molecule has 0 aliphatic carbocycles. The Hall–Kier alpha value is 0. The van der Waals surface area contributed by atoms with Gasteiger partial charge in [0, 0.05) is 0 Å². The van der Waals surface area contributed by atoms with Crippen molar-refractivity contribution >= 4 is 0 Å². The van der Waals surface area contributed by atoms with Gasteiger partial charge in [-0.05, 0) is 5.92 Å². The second-order valence-corrected chi connectivity index (χ2v) is 8.54. The maximum Gasteiger partial charge on any atom is -0.0414 e. The van der Waals surface area contributed by atoms with Crippen molar-refractivity contribution in [3.8, 4) is 0 Å². The normalized spacial score (nSPS) is 12.6. The van der Waals surface area contributed by atoms with Gasteiger partial charge in [-0.3, -0.25) is 0 Å². The van der Waals surface area contributed by atoms with Crippen molar-refractivity contribution < 1.29 is 0 Å². The van der Waals surface area contributed by atoms with Crippen LogP contribution in [0.5, 0.6) is 0 Å². The smallest absolute Gasteiger partial charge is 0.0414 e. The number of unbranched alkanes of at least 4 members (excludes halogenated alkanes) is 15. The summed E-state index contributed by atoms with van der Waals surface area (Å²) in [5, 5.41) is 0. The molecule has 152 valence electrons. The molecule has 0 aromatic carbocycles. The summed E-state index contributed by atoms with van der Waals surface area (Å²) in [7, 11) is 0. The van der Waals surface area contributed by atoms with Gasteiger partial charge in [0.25, 0.3) is 0 Å². The van der Waals surface area contributed by atoms with Gasteiger partial charge in [-0.25, -0.2) is 0 Å². The fourth-order valence-corrected chi connectivity index (χ4v) is 4.06. The van der Waals surface area contributed by atoms with E-state index in [0.717, 1.165) is 5.92 Å². The summed E-state index contributed by atoms with van der Waals surface area (Å²) < 4.78 is 0. The van der Waals surface area contributed by atoms with Gasteiger partial charge in [0.1, 0.15) is 0 Å². The molecule has 1 atom stereocenters. The molecule has 1 unspecified atom stereocenters. The van der Waals surface area contributed by atoms with Crippen molar-refractivity contribution in [3.05, 3.63) is 0 Å². The SMILES string of the molecule is CCCCCCCCCCCCC(CCCC)CCCCCCCC. The molecule has 0 rings (SSSR count). The van der Waals surface area contributed by atoms with Gasteiger partial charge < -0.3 is 0 Å². The molecule has 0 amide bonds.